The third-order valence-electron chi connectivity index (χ3n) is 1.08. The lowest BCUT2D eigenvalue weighted by atomic mass is 10.3. The summed E-state index contributed by atoms with van der Waals surface area (Å²) in [4.78, 5) is 11.9. The fraction of sp³-hybridized carbons (Fsp3) is 0.833. The zero-order valence-corrected chi connectivity index (χ0v) is 6.86. The van der Waals surface area contributed by atoms with E-state index in [0.717, 1.165) is 0 Å². The summed E-state index contributed by atoms with van der Waals surface area (Å²) in [5, 5.41) is -0.901. The SMILES string of the molecule is CN(C)CCC(F)C(=O)Cl. The van der Waals surface area contributed by atoms with Crippen LogP contribution in [0.15, 0.2) is 0 Å². The molecule has 0 radical (unpaired) electrons. The second kappa shape index (κ2) is 4.63. The van der Waals surface area contributed by atoms with Crippen molar-refractivity contribution < 1.29 is 9.18 Å². The van der Waals surface area contributed by atoms with E-state index in [2.05, 4.69) is 0 Å². The zero-order chi connectivity index (χ0) is 8.15. The molecular formula is C6H11ClFNO. The Morgan fingerprint density at radius 2 is 2.20 bits per heavy atom. The summed E-state index contributed by atoms with van der Waals surface area (Å²) in [6.45, 7) is 0.541. The van der Waals surface area contributed by atoms with Crippen molar-refractivity contribution in [1.29, 1.82) is 0 Å². The molecule has 0 aromatic heterocycles. The Morgan fingerprint density at radius 3 is 2.50 bits per heavy atom. The van der Waals surface area contributed by atoms with Gasteiger partial charge in [-0.3, -0.25) is 4.79 Å². The van der Waals surface area contributed by atoms with E-state index in [1.807, 2.05) is 14.1 Å². The Morgan fingerprint density at radius 1 is 1.70 bits per heavy atom. The first-order valence-electron chi connectivity index (χ1n) is 3.02. The highest BCUT2D eigenvalue weighted by Crippen LogP contribution is 2.02. The zero-order valence-electron chi connectivity index (χ0n) is 6.10. The van der Waals surface area contributed by atoms with Gasteiger partial charge in [-0.2, -0.15) is 0 Å². The largest absolute Gasteiger partial charge is 0.309 e. The second-order valence-electron chi connectivity index (χ2n) is 2.36. The third kappa shape index (κ3) is 4.70. The van der Waals surface area contributed by atoms with Gasteiger partial charge in [0.15, 0.2) is 6.17 Å². The highest BCUT2D eigenvalue weighted by atomic mass is 35.5. The molecule has 4 heteroatoms. The first-order chi connectivity index (χ1) is 4.54. The van der Waals surface area contributed by atoms with Crippen molar-refractivity contribution >= 4 is 16.8 Å². The fourth-order valence-electron chi connectivity index (χ4n) is 0.485. The number of rotatable bonds is 4. The van der Waals surface area contributed by atoms with Crippen LogP contribution >= 0.6 is 11.6 Å². The quantitative estimate of drug-likeness (QED) is 0.584. The van der Waals surface area contributed by atoms with E-state index >= 15 is 0 Å². The molecule has 0 fully saturated rings. The highest BCUT2D eigenvalue weighted by Gasteiger charge is 2.13. The van der Waals surface area contributed by atoms with Gasteiger partial charge in [0.1, 0.15) is 0 Å². The summed E-state index contributed by atoms with van der Waals surface area (Å²) in [6, 6.07) is 0. The van der Waals surface area contributed by atoms with Crippen LogP contribution in [0.5, 0.6) is 0 Å². The van der Waals surface area contributed by atoms with Gasteiger partial charge >= 0.3 is 0 Å². The van der Waals surface area contributed by atoms with Gasteiger partial charge in [0.25, 0.3) is 5.24 Å². The smallest absolute Gasteiger partial charge is 0.255 e. The van der Waals surface area contributed by atoms with Crippen molar-refractivity contribution in [3.8, 4) is 0 Å². The summed E-state index contributed by atoms with van der Waals surface area (Å²) >= 11 is 4.88. The lowest BCUT2D eigenvalue weighted by Crippen LogP contribution is -2.20. The molecule has 10 heavy (non-hydrogen) atoms. The number of halogens is 2. The Bertz CT molecular complexity index is 118. The Labute approximate surface area is 65.0 Å². The number of hydrogen-bond acceptors (Lipinski definition) is 2. The first kappa shape index (κ1) is 9.85. The summed E-state index contributed by atoms with van der Waals surface area (Å²) in [7, 11) is 3.62. The maximum Gasteiger partial charge on any atom is 0.255 e. The molecule has 0 rings (SSSR count). The van der Waals surface area contributed by atoms with E-state index in [-0.39, 0.29) is 6.42 Å². The van der Waals surface area contributed by atoms with Gasteiger partial charge in [0.05, 0.1) is 0 Å². The normalized spacial score (nSPS) is 13.7. The summed E-state index contributed by atoms with van der Waals surface area (Å²) in [5.41, 5.74) is 0. The highest BCUT2D eigenvalue weighted by molar-refractivity contribution is 6.64. The van der Waals surface area contributed by atoms with Gasteiger partial charge in [-0.1, -0.05) is 0 Å². The topological polar surface area (TPSA) is 20.3 Å². The van der Waals surface area contributed by atoms with Crippen molar-refractivity contribution in [2.24, 2.45) is 0 Å². The molecule has 1 unspecified atom stereocenters. The molecule has 0 aliphatic heterocycles. The maximum atomic E-state index is 12.4. The van der Waals surface area contributed by atoms with Crippen LogP contribution in [0, 0.1) is 0 Å². The van der Waals surface area contributed by atoms with Gasteiger partial charge in [-0.15, -0.1) is 0 Å². The predicted molar refractivity (Wildman–Crippen MR) is 38.9 cm³/mol. The van der Waals surface area contributed by atoms with Gasteiger partial charge in [0, 0.05) is 6.54 Å². The van der Waals surface area contributed by atoms with Crippen LogP contribution in [0.3, 0.4) is 0 Å². The average molecular weight is 168 g/mol. The molecule has 0 saturated heterocycles. The van der Waals surface area contributed by atoms with E-state index in [1.54, 1.807) is 4.90 Å². The minimum atomic E-state index is -1.51. The Kier molecular flexibility index (Phi) is 4.56. The van der Waals surface area contributed by atoms with Crippen LogP contribution in [0.4, 0.5) is 4.39 Å². The second-order valence-corrected chi connectivity index (χ2v) is 2.74. The van der Waals surface area contributed by atoms with Crippen LogP contribution in [-0.4, -0.2) is 37.0 Å². The molecule has 60 valence electrons. The van der Waals surface area contributed by atoms with E-state index in [1.165, 1.54) is 0 Å². The molecule has 0 aromatic carbocycles. The molecule has 0 bridgehead atoms. The number of hydrogen-bond donors (Lipinski definition) is 0. The lowest BCUT2D eigenvalue weighted by molar-refractivity contribution is -0.116. The van der Waals surface area contributed by atoms with Gasteiger partial charge < -0.3 is 4.90 Å². The number of nitrogens with zero attached hydrogens (tertiary/aromatic N) is 1. The van der Waals surface area contributed by atoms with Gasteiger partial charge in [0.2, 0.25) is 0 Å². The summed E-state index contributed by atoms with van der Waals surface area (Å²) in [6.07, 6.45) is -1.33. The maximum absolute atomic E-state index is 12.4. The van der Waals surface area contributed by atoms with Crippen LogP contribution < -0.4 is 0 Å². The average Bonchev–Trinajstić information content (AvgIpc) is 1.82. The molecule has 1 atom stereocenters. The van der Waals surface area contributed by atoms with Crippen LogP contribution in [0.25, 0.3) is 0 Å². The number of carbonyl (C=O) groups is 1. The van der Waals surface area contributed by atoms with E-state index in [9.17, 15) is 9.18 Å². The van der Waals surface area contributed by atoms with E-state index in [0.29, 0.717) is 6.54 Å². The van der Waals surface area contributed by atoms with E-state index < -0.39 is 11.4 Å². The molecule has 0 aromatic rings. The minimum Gasteiger partial charge on any atom is -0.309 e. The molecule has 0 N–H and O–H groups in total. The molecule has 2 nitrogen and oxygen atoms in total. The fourth-order valence-corrected chi connectivity index (χ4v) is 0.594. The summed E-state index contributed by atoms with van der Waals surface area (Å²) < 4.78 is 12.4. The Hall–Kier alpha value is -0.150. The molecule has 0 aliphatic rings. The van der Waals surface area contributed by atoms with Crippen molar-refractivity contribution in [3.63, 3.8) is 0 Å². The number of alkyl halides is 1. The molecule has 0 heterocycles. The predicted octanol–water partition coefficient (Wildman–Crippen LogP) is 1.04. The Balaban J connectivity index is 3.40. The van der Waals surface area contributed by atoms with Gasteiger partial charge in [-0.05, 0) is 32.1 Å². The molecular weight excluding hydrogens is 157 g/mol. The molecule has 0 saturated carbocycles. The monoisotopic (exact) mass is 167 g/mol. The van der Waals surface area contributed by atoms with Crippen molar-refractivity contribution in [2.75, 3.05) is 20.6 Å². The molecule has 0 aliphatic carbocycles. The third-order valence-corrected chi connectivity index (χ3v) is 1.31. The lowest BCUT2D eigenvalue weighted by Gasteiger charge is -2.09. The van der Waals surface area contributed by atoms with Crippen molar-refractivity contribution in [1.82, 2.24) is 4.90 Å². The van der Waals surface area contributed by atoms with Crippen LogP contribution in [0.1, 0.15) is 6.42 Å². The van der Waals surface area contributed by atoms with Crippen molar-refractivity contribution in [3.05, 3.63) is 0 Å². The van der Waals surface area contributed by atoms with Gasteiger partial charge in [-0.25, -0.2) is 4.39 Å². The number of carbonyl (C=O) groups excluding carboxylic acids is 1. The molecule has 0 amide bonds. The first-order valence-corrected chi connectivity index (χ1v) is 3.40. The van der Waals surface area contributed by atoms with Crippen LogP contribution in [-0.2, 0) is 4.79 Å². The van der Waals surface area contributed by atoms with Crippen LogP contribution in [0.2, 0.25) is 0 Å². The van der Waals surface area contributed by atoms with E-state index in [4.69, 9.17) is 11.6 Å². The van der Waals surface area contributed by atoms with Crippen molar-refractivity contribution in [2.45, 2.75) is 12.6 Å². The standard InChI is InChI=1S/C6H11ClFNO/c1-9(2)4-3-5(8)6(7)10/h5H,3-4H2,1-2H3. The molecule has 0 spiro atoms. The summed E-state index contributed by atoms with van der Waals surface area (Å²) in [5.74, 6) is 0. The minimum absolute atomic E-state index is 0.176.